The number of nitrogens with one attached hydrogen (secondary N) is 1. The van der Waals surface area contributed by atoms with E-state index in [9.17, 15) is 0 Å². The maximum Gasteiger partial charge on any atom is 0.00719 e. The molecule has 0 heterocycles. The fraction of sp³-hybridized carbons (Fsp3) is 0.625. The summed E-state index contributed by atoms with van der Waals surface area (Å²) in [5.74, 6) is 2.23. The molecule has 1 saturated carbocycles. The normalized spacial score (nSPS) is 23.4. The van der Waals surface area contributed by atoms with Crippen LogP contribution in [0.25, 0.3) is 0 Å². The Kier molecular flexibility index (Phi) is 6.09. The zero-order valence-corrected chi connectivity index (χ0v) is 12.2. The number of hydrogen-bond donors (Lipinski definition) is 1. The van der Waals surface area contributed by atoms with Gasteiger partial charge in [0.15, 0.2) is 0 Å². The predicted octanol–water partition coefficient (Wildman–Crippen LogP) is 4.34. The molecule has 1 aromatic rings. The molecule has 0 bridgehead atoms. The number of benzene rings is 1. The van der Waals surface area contributed by atoms with Gasteiger partial charge in [0.25, 0.3) is 0 Å². The fourth-order valence-electron chi connectivity index (χ4n) is 2.73. The van der Waals surface area contributed by atoms with Crippen LogP contribution in [-0.2, 0) is 0 Å². The molecule has 100 valence electrons. The zero-order valence-electron chi connectivity index (χ0n) is 11.4. The van der Waals surface area contributed by atoms with Crippen molar-refractivity contribution < 1.29 is 0 Å². The van der Waals surface area contributed by atoms with E-state index >= 15 is 0 Å². The van der Waals surface area contributed by atoms with Crippen LogP contribution in [0.5, 0.6) is 0 Å². The van der Waals surface area contributed by atoms with Crippen LogP contribution in [0, 0.1) is 5.92 Å². The van der Waals surface area contributed by atoms with Gasteiger partial charge in [-0.05, 0) is 62.5 Å². The van der Waals surface area contributed by atoms with Crippen molar-refractivity contribution in [1.82, 2.24) is 5.32 Å². The average molecular weight is 263 g/mol. The first kappa shape index (κ1) is 14.0. The van der Waals surface area contributed by atoms with Gasteiger partial charge in [0.2, 0.25) is 0 Å². The minimum Gasteiger partial charge on any atom is -0.314 e. The molecule has 2 atom stereocenters. The van der Waals surface area contributed by atoms with Crippen molar-refractivity contribution in [3.63, 3.8) is 0 Å². The van der Waals surface area contributed by atoms with Crippen LogP contribution in [0.1, 0.15) is 39.0 Å². The predicted molar refractivity (Wildman–Crippen MR) is 81.2 cm³/mol. The molecular formula is C16H25NS. The second kappa shape index (κ2) is 7.85. The summed E-state index contributed by atoms with van der Waals surface area (Å²) >= 11 is 2.01. The Morgan fingerprint density at radius 2 is 2.06 bits per heavy atom. The minimum absolute atomic E-state index is 0.802. The lowest BCUT2D eigenvalue weighted by Crippen LogP contribution is -2.27. The van der Waals surface area contributed by atoms with Crippen LogP contribution in [-0.4, -0.2) is 18.3 Å². The zero-order chi connectivity index (χ0) is 12.6. The molecule has 0 spiro atoms. The smallest absolute Gasteiger partial charge is 0.00719 e. The van der Waals surface area contributed by atoms with E-state index < -0.39 is 0 Å². The molecule has 0 saturated heterocycles. The summed E-state index contributed by atoms with van der Waals surface area (Å²) < 4.78 is 0. The molecule has 0 aromatic heterocycles. The van der Waals surface area contributed by atoms with Gasteiger partial charge in [0.1, 0.15) is 0 Å². The maximum absolute atomic E-state index is 3.66. The highest BCUT2D eigenvalue weighted by atomic mass is 32.2. The van der Waals surface area contributed by atoms with E-state index in [4.69, 9.17) is 0 Å². The van der Waals surface area contributed by atoms with Gasteiger partial charge in [-0.25, -0.2) is 0 Å². The lowest BCUT2D eigenvalue weighted by atomic mass is 10.1. The quantitative estimate of drug-likeness (QED) is 0.735. The highest BCUT2D eigenvalue weighted by molar-refractivity contribution is 7.99. The first-order chi connectivity index (χ1) is 8.88. The highest BCUT2D eigenvalue weighted by Crippen LogP contribution is 2.30. The van der Waals surface area contributed by atoms with E-state index in [2.05, 4.69) is 42.6 Å². The van der Waals surface area contributed by atoms with E-state index in [0.29, 0.717) is 0 Å². The highest BCUT2D eigenvalue weighted by Gasteiger charge is 2.23. The van der Waals surface area contributed by atoms with E-state index in [-0.39, 0.29) is 0 Å². The van der Waals surface area contributed by atoms with Gasteiger partial charge in [-0.1, -0.05) is 25.1 Å². The second-order valence-electron chi connectivity index (χ2n) is 5.28. The van der Waals surface area contributed by atoms with Gasteiger partial charge in [0.05, 0.1) is 0 Å². The summed E-state index contributed by atoms with van der Waals surface area (Å²) in [4.78, 5) is 1.41. The molecule has 18 heavy (non-hydrogen) atoms. The molecule has 2 heteroatoms. The second-order valence-corrected chi connectivity index (χ2v) is 6.45. The van der Waals surface area contributed by atoms with Gasteiger partial charge < -0.3 is 5.32 Å². The van der Waals surface area contributed by atoms with Crippen molar-refractivity contribution >= 4 is 11.8 Å². The number of rotatable bonds is 7. The SMILES string of the molecule is CCCNC1CCC(CCSc2ccccc2)C1. The average Bonchev–Trinajstić information content (AvgIpc) is 2.85. The lowest BCUT2D eigenvalue weighted by molar-refractivity contribution is 0.479. The fourth-order valence-corrected chi connectivity index (χ4v) is 3.77. The Balaban J connectivity index is 1.60. The molecule has 1 aromatic carbocycles. The first-order valence-corrected chi connectivity index (χ1v) is 8.28. The molecular weight excluding hydrogens is 238 g/mol. The number of thioether (sulfide) groups is 1. The van der Waals surface area contributed by atoms with Crippen molar-refractivity contribution in [2.24, 2.45) is 5.92 Å². The van der Waals surface area contributed by atoms with Crippen LogP contribution in [0.2, 0.25) is 0 Å². The molecule has 1 aliphatic rings. The molecule has 2 unspecified atom stereocenters. The third-order valence-corrected chi connectivity index (χ3v) is 4.81. The third kappa shape index (κ3) is 4.66. The molecule has 1 fully saturated rings. The van der Waals surface area contributed by atoms with Crippen LogP contribution >= 0.6 is 11.8 Å². The van der Waals surface area contributed by atoms with E-state index in [1.165, 1.54) is 49.3 Å². The maximum atomic E-state index is 3.66. The topological polar surface area (TPSA) is 12.0 Å². The van der Waals surface area contributed by atoms with Crippen molar-refractivity contribution in [3.8, 4) is 0 Å². The lowest BCUT2D eigenvalue weighted by Gasteiger charge is -2.12. The Morgan fingerprint density at radius 1 is 1.22 bits per heavy atom. The summed E-state index contributed by atoms with van der Waals surface area (Å²) in [5, 5.41) is 3.66. The Hall–Kier alpha value is -0.470. The first-order valence-electron chi connectivity index (χ1n) is 7.29. The van der Waals surface area contributed by atoms with Crippen LogP contribution < -0.4 is 5.32 Å². The molecule has 0 amide bonds. The van der Waals surface area contributed by atoms with E-state index in [1.807, 2.05) is 11.8 Å². The third-order valence-electron chi connectivity index (χ3n) is 3.76. The van der Waals surface area contributed by atoms with Gasteiger partial charge in [-0.15, -0.1) is 11.8 Å². The van der Waals surface area contributed by atoms with Crippen molar-refractivity contribution in [3.05, 3.63) is 30.3 Å². The van der Waals surface area contributed by atoms with Gasteiger partial charge in [-0.3, -0.25) is 0 Å². The number of hydrogen-bond acceptors (Lipinski definition) is 2. The van der Waals surface area contributed by atoms with Crippen molar-refractivity contribution in [1.29, 1.82) is 0 Å². The van der Waals surface area contributed by atoms with Crippen LogP contribution in [0.4, 0.5) is 0 Å². The summed E-state index contributed by atoms with van der Waals surface area (Å²) in [6.45, 7) is 3.44. The van der Waals surface area contributed by atoms with Gasteiger partial charge >= 0.3 is 0 Å². The minimum atomic E-state index is 0.802. The van der Waals surface area contributed by atoms with E-state index in [1.54, 1.807) is 0 Å². The Labute approximate surface area is 116 Å². The summed E-state index contributed by atoms with van der Waals surface area (Å²) in [6, 6.07) is 11.6. The summed E-state index contributed by atoms with van der Waals surface area (Å²) in [5.41, 5.74) is 0. The Morgan fingerprint density at radius 3 is 2.83 bits per heavy atom. The van der Waals surface area contributed by atoms with Crippen molar-refractivity contribution in [2.75, 3.05) is 12.3 Å². The van der Waals surface area contributed by atoms with Crippen LogP contribution in [0.15, 0.2) is 35.2 Å². The summed E-state index contributed by atoms with van der Waals surface area (Å²) in [7, 11) is 0. The van der Waals surface area contributed by atoms with Crippen LogP contribution in [0.3, 0.4) is 0 Å². The monoisotopic (exact) mass is 263 g/mol. The van der Waals surface area contributed by atoms with E-state index in [0.717, 1.165) is 12.0 Å². The van der Waals surface area contributed by atoms with Gasteiger partial charge in [-0.2, -0.15) is 0 Å². The molecule has 0 radical (unpaired) electrons. The van der Waals surface area contributed by atoms with Crippen molar-refractivity contribution in [2.45, 2.75) is 50.0 Å². The molecule has 1 N–H and O–H groups in total. The Bertz CT molecular complexity index is 325. The standard InChI is InChI=1S/C16H25NS/c1-2-11-17-15-9-8-14(13-15)10-12-18-16-6-4-3-5-7-16/h3-7,14-15,17H,2,8-13H2,1H3. The summed E-state index contributed by atoms with van der Waals surface area (Å²) in [6.07, 6.45) is 6.85. The molecule has 0 aliphatic heterocycles. The molecule has 1 nitrogen and oxygen atoms in total. The largest absolute Gasteiger partial charge is 0.314 e. The molecule has 2 rings (SSSR count). The van der Waals surface area contributed by atoms with Gasteiger partial charge in [0, 0.05) is 10.9 Å². The molecule has 1 aliphatic carbocycles.